The zero-order valence-electron chi connectivity index (χ0n) is 12.6. The van der Waals surface area contributed by atoms with Gasteiger partial charge >= 0.3 is 0 Å². The van der Waals surface area contributed by atoms with Crippen molar-refractivity contribution >= 4 is 21.6 Å². The zero-order chi connectivity index (χ0) is 16.3. The maximum absolute atomic E-state index is 12.7. The summed E-state index contributed by atoms with van der Waals surface area (Å²) in [7, 11) is -2.43. The average Bonchev–Trinajstić information content (AvgIpc) is 2.48. The van der Waals surface area contributed by atoms with E-state index < -0.39 is 15.9 Å². The number of hydrogen-bond acceptors (Lipinski definition) is 4. The molecule has 5 nitrogen and oxygen atoms in total. The van der Waals surface area contributed by atoms with Crippen LogP contribution in [0.5, 0.6) is 5.75 Å². The number of hydrogen-bond donors (Lipinski definition) is 0. The van der Waals surface area contributed by atoms with E-state index in [1.807, 2.05) is 6.92 Å². The van der Waals surface area contributed by atoms with Gasteiger partial charge in [0.25, 0.3) is 10.0 Å². The first-order valence-corrected chi connectivity index (χ1v) is 8.07. The van der Waals surface area contributed by atoms with Crippen molar-refractivity contribution in [2.24, 2.45) is 0 Å². The average molecular weight is 319 g/mol. The van der Waals surface area contributed by atoms with Crippen molar-refractivity contribution in [1.29, 1.82) is 0 Å². The van der Waals surface area contributed by atoms with Gasteiger partial charge in [0.2, 0.25) is 5.91 Å². The third kappa shape index (κ3) is 3.12. The predicted molar refractivity (Wildman–Crippen MR) is 84.5 cm³/mol. The summed E-state index contributed by atoms with van der Waals surface area (Å²) in [6.07, 6.45) is 0. The molecule has 0 atom stereocenters. The molecule has 0 aliphatic heterocycles. The van der Waals surface area contributed by atoms with Crippen LogP contribution in [0.3, 0.4) is 0 Å². The van der Waals surface area contributed by atoms with Crippen molar-refractivity contribution in [3.8, 4) is 5.75 Å². The summed E-state index contributed by atoms with van der Waals surface area (Å²) in [4.78, 5) is 12.0. The monoisotopic (exact) mass is 319 g/mol. The molecule has 0 saturated carbocycles. The van der Waals surface area contributed by atoms with Gasteiger partial charge in [-0.3, -0.25) is 4.79 Å². The Kier molecular flexibility index (Phi) is 4.51. The number of methoxy groups -OCH3 is 1. The van der Waals surface area contributed by atoms with Gasteiger partial charge in [0, 0.05) is 6.92 Å². The second-order valence-electron chi connectivity index (χ2n) is 4.80. The van der Waals surface area contributed by atoms with Crippen LogP contribution in [-0.4, -0.2) is 21.4 Å². The van der Waals surface area contributed by atoms with Gasteiger partial charge in [-0.15, -0.1) is 0 Å². The molecule has 116 valence electrons. The molecule has 2 aromatic carbocycles. The van der Waals surface area contributed by atoms with E-state index in [4.69, 9.17) is 4.74 Å². The summed E-state index contributed by atoms with van der Waals surface area (Å²) >= 11 is 0. The molecule has 6 heteroatoms. The van der Waals surface area contributed by atoms with Crippen molar-refractivity contribution in [2.75, 3.05) is 11.4 Å². The fraction of sp³-hybridized carbons (Fsp3) is 0.188. The number of sulfonamides is 1. The molecule has 0 spiro atoms. The SMILES string of the molecule is COc1ccc(N(C(C)=O)S(=O)(=O)c2ccc(C)cc2)cc1. The number of nitrogens with zero attached hydrogens (tertiary/aromatic N) is 1. The number of benzene rings is 2. The number of anilines is 1. The Balaban J connectivity index is 2.50. The molecular formula is C16H17NO4S. The van der Waals surface area contributed by atoms with Crippen LogP contribution in [0.2, 0.25) is 0 Å². The predicted octanol–water partition coefficient (Wildman–Crippen LogP) is 2.75. The number of carbonyl (C=O) groups is 1. The highest BCUT2D eigenvalue weighted by molar-refractivity contribution is 7.93. The quantitative estimate of drug-likeness (QED) is 0.869. The minimum atomic E-state index is -3.95. The number of ether oxygens (including phenoxy) is 1. The van der Waals surface area contributed by atoms with Crippen LogP contribution >= 0.6 is 0 Å². The third-order valence-electron chi connectivity index (χ3n) is 3.15. The first kappa shape index (κ1) is 16.0. The first-order valence-electron chi connectivity index (χ1n) is 6.63. The van der Waals surface area contributed by atoms with E-state index in [0.717, 1.165) is 9.87 Å². The van der Waals surface area contributed by atoms with E-state index >= 15 is 0 Å². The van der Waals surface area contributed by atoms with Crippen LogP contribution < -0.4 is 9.04 Å². The molecule has 0 bridgehead atoms. The third-order valence-corrected chi connectivity index (χ3v) is 4.97. The Bertz CT molecular complexity index is 765. The van der Waals surface area contributed by atoms with Gasteiger partial charge in [-0.25, -0.2) is 12.7 Å². The normalized spacial score (nSPS) is 11.0. The summed E-state index contributed by atoms with van der Waals surface area (Å²) in [5, 5.41) is 0. The van der Waals surface area contributed by atoms with Crippen LogP contribution in [0.1, 0.15) is 12.5 Å². The van der Waals surface area contributed by atoms with E-state index in [2.05, 4.69) is 0 Å². The maximum atomic E-state index is 12.7. The summed E-state index contributed by atoms with van der Waals surface area (Å²) in [5.74, 6) is 0.00530. The smallest absolute Gasteiger partial charge is 0.270 e. The zero-order valence-corrected chi connectivity index (χ0v) is 13.4. The fourth-order valence-electron chi connectivity index (χ4n) is 2.02. The molecule has 0 fully saturated rings. The van der Waals surface area contributed by atoms with Gasteiger partial charge in [-0.2, -0.15) is 0 Å². The summed E-state index contributed by atoms with van der Waals surface area (Å²) in [6.45, 7) is 3.08. The Morgan fingerprint density at radius 3 is 2.00 bits per heavy atom. The molecule has 0 N–H and O–H groups in total. The molecule has 0 aromatic heterocycles. The molecule has 22 heavy (non-hydrogen) atoms. The minimum Gasteiger partial charge on any atom is -0.497 e. The number of aryl methyl sites for hydroxylation is 1. The molecule has 0 radical (unpaired) electrons. The van der Waals surface area contributed by atoms with Gasteiger partial charge in [0.05, 0.1) is 17.7 Å². The number of amides is 1. The lowest BCUT2D eigenvalue weighted by molar-refractivity contribution is -0.115. The molecule has 1 amide bonds. The van der Waals surface area contributed by atoms with E-state index in [0.29, 0.717) is 5.75 Å². The lowest BCUT2D eigenvalue weighted by Crippen LogP contribution is -2.35. The molecule has 0 aliphatic rings. The molecule has 2 aromatic rings. The van der Waals surface area contributed by atoms with Crippen LogP contribution in [0, 0.1) is 6.92 Å². The molecule has 0 aliphatic carbocycles. The van der Waals surface area contributed by atoms with Crippen LogP contribution in [-0.2, 0) is 14.8 Å². The summed E-state index contributed by atoms with van der Waals surface area (Å²) < 4.78 is 31.3. The largest absolute Gasteiger partial charge is 0.497 e. The summed E-state index contributed by atoms with van der Waals surface area (Å²) in [5.41, 5.74) is 1.21. The first-order chi connectivity index (χ1) is 10.4. The Hall–Kier alpha value is -2.34. The lowest BCUT2D eigenvalue weighted by Gasteiger charge is -2.21. The van der Waals surface area contributed by atoms with E-state index in [-0.39, 0.29) is 10.6 Å². The van der Waals surface area contributed by atoms with E-state index in [1.54, 1.807) is 24.3 Å². The van der Waals surface area contributed by atoms with Crippen LogP contribution in [0.15, 0.2) is 53.4 Å². The lowest BCUT2D eigenvalue weighted by atomic mass is 10.2. The number of rotatable bonds is 4. The Morgan fingerprint density at radius 1 is 1.00 bits per heavy atom. The van der Waals surface area contributed by atoms with Gasteiger partial charge in [0.1, 0.15) is 5.75 Å². The second-order valence-corrected chi connectivity index (χ2v) is 6.59. The maximum Gasteiger partial charge on any atom is 0.270 e. The van der Waals surface area contributed by atoms with Crippen LogP contribution in [0.4, 0.5) is 5.69 Å². The Labute approximate surface area is 130 Å². The molecule has 0 saturated heterocycles. The van der Waals surface area contributed by atoms with E-state index in [9.17, 15) is 13.2 Å². The fourth-order valence-corrected chi connectivity index (χ4v) is 3.45. The molecule has 0 heterocycles. The van der Waals surface area contributed by atoms with Gasteiger partial charge in [-0.05, 0) is 43.3 Å². The van der Waals surface area contributed by atoms with Crippen molar-refractivity contribution in [2.45, 2.75) is 18.7 Å². The highest BCUT2D eigenvalue weighted by Crippen LogP contribution is 2.26. The van der Waals surface area contributed by atoms with E-state index in [1.165, 1.54) is 38.3 Å². The second kappa shape index (κ2) is 6.19. The molecule has 0 unspecified atom stereocenters. The van der Waals surface area contributed by atoms with Crippen molar-refractivity contribution in [3.05, 3.63) is 54.1 Å². The van der Waals surface area contributed by atoms with Crippen LogP contribution in [0.25, 0.3) is 0 Å². The van der Waals surface area contributed by atoms with Crippen molar-refractivity contribution < 1.29 is 17.9 Å². The van der Waals surface area contributed by atoms with Crippen molar-refractivity contribution in [1.82, 2.24) is 0 Å². The number of carbonyl (C=O) groups excluding carboxylic acids is 1. The minimum absolute atomic E-state index is 0.0733. The van der Waals surface area contributed by atoms with Gasteiger partial charge in [-0.1, -0.05) is 17.7 Å². The van der Waals surface area contributed by atoms with Gasteiger partial charge < -0.3 is 4.74 Å². The standard InChI is InChI=1S/C16H17NO4S/c1-12-4-10-16(11-5-12)22(19,20)17(13(2)18)14-6-8-15(21-3)9-7-14/h4-11H,1-3H3. The molecular weight excluding hydrogens is 302 g/mol. The van der Waals surface area contributed by atoms with Gasteiger partial charge in [0.15, 0.2) is 0 Å². The topological polar surface area (TPSA) is 63.7 Å². The molecule has 2 rings (SSSR count). The van der Waals surface area contributed by atoms with Crippen molar-refractivity contribution in [3.63, 3.8) is 0 Å². The summed E-state index contributed by atoms with van der Waals surface area (Å²) in [6, 6.07) is 12.6. The highest BCUT2D eigenvalue weighted by atomic mass is 32.2. The highest BCUT2D eigenvalue weighted by Gasteiger charge is 2.28. The Morgan fingerprint density at radius 2 is 1.55 bits per heavy atom.